The number of allylic oxidation sites excluding steroid dienone is 1. The zero-order valence-electron chi connectivity index (χ0n) is 10.3. The summed E-state index contributed by atoms with van der Waals surface area (Å²) in [5.41, 5.74) is 7.08. The fourth-order valence-corrected chi connectivity index (χ4v) is 1.26. The van der Waals surface area contributed by atoms with E-state index < -0.39 is 12.1 Å². The van der Waals surface area contributed by atoms with E-state index in [0.717, 1.165) is 5.69 Å². The number of nitrogen functional groups attached to an aromatic ring is 1. The number of nitrogens with one attached hydrogen (secondary N) is 1. The summed E-state index contributed by atoms with van der Waals surface area (Å²) in [4.78, 5) is 11.0. The fraction of sp³-hybridized carbons (Fsp3) is 0.308. The van der Waals surface area contributed by atoms with Gasteiger partial charge >= 0.3 is 5.97 Å². The van der Waals surface area contributed by atoms with Crippen LogP contribution in [0.4, 0.5) is 11.4 Å². The highest BCUT2D eigenvalue weighted by molar-refractivity contribution is 5.81. The highest BCUT2D eigenvalue weighted by Gasteiger charge is 2.06. The third-order valence-electron chi connectivity index (χ3n) is 2.17. The number of benzene rings is 1. The molecule has 98 valence electrons. The number of rotatable bonds is 6. The standard InChI is InChI=1S/C13H18N2O3/c1-2-3-13(17)18-9-12(16)8-15-11-6-4-10(14)5-7-11/h2-7,12,15-16H,8-9,14H2,1H3. The Kier molecular flexibility index (Phi) is 5.73. The summed E-state index contributed by atoms with van der Waals surface area (Å²) >= 11 is 0. The Morgan fingerprint density at radius 1 is 1.50 bits per heavy atom. The molecule has 0 spiro atoms. The smallest absolute Gasteiger partial charge is 0.330 e. The summed E-state index contributed by atoms with van der Waals surface area (Å²) in [7, 11) is 0. The average molecular weight is 250 g/mol. The van der Waals surface area contributed by atoms with Gasteiger partial charge in [-0.3, -0.25) is 0 Å². The molecule has 1 atom stereocenters. The summed E-state index contributed by atoms with van der Waals surface area (Å²) in [5, 5.41) is 12.6. The van der Waals surface area contributed by atoms with Crippen molar-refractivity contribution < 1.29 is 14.6 Å². The minimum absolute atomic E-state index is 0.0366. The maximum atomic E-state index is 11.0. The van der Waals surface area contributed by atoms with Crippen LogP contribution in [0.25, 0.3) is 0 Å². The molecular formula is C13H18N2O3. The van der Waals surface area contributed by atoms with Crippen LogP contribution in [-0.4, -0.2) is 30.3 Å². The predicted molar refractivity (Wildman–Crippen MR) is 71.1 cm³/mol. The van der Waals surface area contributed by atoms with Crippen LogP contribution < -0.4 is 11.1 Å². The second-order valence-electron chi connectivity index (χ2n) is 3.79. The van der Waals surface area contributed by atoms with Gasteiger partial charge in [-0.05, 0) is 31.2 Å². The number of aliphatic hydroxyl groups excluding tert-OH is 1. The zero-order chi connectivity index (χ0) is 13.4. The van der Waals surface area contributed by atoms with E-state index >= 15 is 0 Å². The predicted octanol–water partition coefficient (Wildman–Crippen LogP) is 1.16. The Morgan fingerprint density at radius 2 is 2.17 bits per heavy atom. The minimum atomic E-state index is -0.753. The van der Waals surface area contributed by atoms with Crippen LogP contribution in [-0.2, 0) is 9.53 Å². The second kappa shape index (κ2) is 7.34. The van der Waals surface area contributed by atoms with Crippen LogP contribution in [0.3, 0.4) is 0 Å². The summed E-state index contributed by atoms with van der Waals surface area (Å²) < 4.78 is 4.82. The molecule has 0 fully saturated rings. The number of hydrogen-bond donors (Lipinski definition) is 3. The van der Waals surface area contributed by atoms with Crippen LogP contribution in [0.1, 0.15) is 6.92 Å². The van der Waals surface area contributed by atoms with Crippen molar-refractivity contribution in [1.29, 1.82) is 0 Å². The molecule has 1 aromatic carbocycles. The van der Waals surface area contributed by atoms with E-state index in [1.165, 1.54) is 6.08 Å². The van der Waals surface area contributed by atoms with Gasteiger partial charge < -0.3 is 20.9 Å². The molecule has 0 saturated carbocycles. The molecule has 5 nitrogen and oxygen atoms in total. The van der Waals surface area contributed by atoms with E-state index in [1.54, 1.807) is 25.1 Å². The number of nitrogens with two attached hydrogens (primary N) is 1. The van der Waals surface area contributed by atoms with E-state index in [9.17, 15) is 9.90 Å². The first-order valence-electron chi connectivity index (χ1n) is 5.68. The van der Waals surface area contributed by atoms with E-state index in [0.29, 0.717) is 12.2 Å². The van der Waals surface area contributed by atoms with Crippen molar-refractivity contribution in [3.63, 3.8) is 0 Å². The van der Waals surface area contributed by atoms with Crippen LogP contribution in [0.5, 0.6) is 0 Å². The molecule has 0 aliphatic heterocycles. The summed E-state index contributed by atoms with van der Waals surface area (Å²) in [6, 6.07) is 7.16. The number of esters is 1. The van der Waals surface area contributed by atoms with Crippen LogP contribution in [0, 0.1) is 0 Å². The molecule has 1 aromatic rings. The summed E-state index contributed by atoms with van der Waals surface area (Å²) in [5.74, 6) is -0.455. The van der Waals surface area contributed by atoms with Crippen molar-refractivity contribution in [3.05, 3.63) is 36.4 Å². The molecule has 0 aliphatic rings. The Balaban J connectivity index is 2.26. The van der Waals surface area contributed by atoms with Crippen LogP contribution >= 0.6 is 0 Å². The topological polar surface area (TPSA) is 84.6 Å². The Labute approximate surface area is 106 Å². The van der Waals surface area contributed by atoms with Gasteiger partial charge in [-0.25, -0.2) is 4.79 Å². The highest BCUT2D eigenvalue weighted by Crippen LogP contribution is 2.10. The average Bonchev–Trinajstić information content (AvgIpc) is 2.36. The largest absolute Gasteiger partial charge is 0.460 e. The van der Waals surface area contributed by atoms with Gasteiger partial charge in [0.1, 0.15) is 12.7 Å². The molecule has 4 N–H and O–H groups in total. The molecule has 0 aliphatic carbocycles. The minimum Gasteiger partial charge on any atom is -0.460 e. The van der Waals surface area contributed by atoms with Crippen LogP contribution in [0.15, 0.2) is 36.4 Å². The lowest BCUT2D eigenvalue weighted by Gasteiger charge is -2.12. The number of carbonyl (C=O) groups is 1. The summed E-state index contributed by atoms with van der Waals surface area (Å²) in [6.07, 6.45) is 2.14. The van der Waals surface area contributed by atoms with Gasteiger partial charge in [0, 0.05) is 24.0 Å². The molecule has 0 saturated heterocycles. The fourth-order valence-electron chi connectivity index (χ4n) is 1.26. The number of ether oxygens (including phenoxy) is 1. The second-order valence-corrected chi connectivity index (χ2v) is 3.79. The molecular weight excluding hydrogens is 232 g/mol. The van der Waals surface area contributed by atoms with Crippen LogP contribution in [0.2, 0.25) is 0 Å². The van der Waals surface area contributed by atoms with Gasteiger partial charge in [0.25, 0.3) is 0 Å². The van der Waals surface area contributed by atoms with Gasteiger partial charge in [0.2, 0.25) is 0 Å². The molecule has 0 heterocycles. The number of anilines is 2. The first kappa shape index (κ1) is 14.1. The van der Waals surface area contributed by atoms with Crippen molar-refractivity contribution in [3.8, 4) is 0 Å². The molecule has 1 unspecified atom stereocenters. The lowest BCUT2D eigenvalue weighted by Crippen LogP contribution is -2.26. The SMILES string of the molecule is CC=CC(=O)OCC(O)CNc1ccc(N)cc1. The number of aliphatic hydroxyl groups is 1. The first-order chi connectivity index (χ1) is 8.61. The quantitative estimate of drug-likeness (QED) is 0.401. The van der Waals surface area contributed by atoms with Crippen molar-refractivity contribution >= 4 is 17.3 Å². The van der Waals surface area contributed by atoms with E-state index in [2.05, 4.69) is 5.32 Å². The van der Waals surface area contributed by atoms with Crippen molar-refractivity contribution in [2.75, 3.05) is 24.2 Å². The normalized spacial score (nSPS) is 12.3. The lowest BCUT2D eigenvalue weighted by atomic mass is 10.2. The highest BCUT2D eigenvalue weighted by atomic mass is 16.5. The lowest BCUT2D eigenvalue weighted by molar-refractivity contribution is -0.140. The molecule has 5 heteroatoms. The Bertz CT molecular complexity index is 401. The molecule has 0 bridgehead atoms. The molecule has 0 aromatic heterocycles. The van der Waals surface area contributed by atoms with E-state index in [-0.39, 0.29) is 6.61 Å². The van der Waals surface area contributed by atoms with Crippen molar-refractivity contribution in [2.24, 2.45) is 0 Å². The van der Waals surface area contributed by atoms with Gasteiger partial charge in [-0.1, -0.05) is 6.08 Å². The van der Waals surface area contributed by atoms with Crippen molar-refractivity contribution in [1.82, 2.24) is 0 Å². The van der Waals surface area contributed by atoms with E-state index in [4.69, 9.17) is 10.5 Å². The van der Waals surface area contributed by atoms with Gasteiger partial charge in [-0.2, -0.15) is 0 Å². The maximum absolute atomic E-state index is 11.0. The van der Waals surface area contributed by atoms with Gasteiger partial charge in [0.15, 0.2) is 0 Å². The first-order valence-corrected chi connectivity index (χ1v) is 5.68. The number of carbonyl (C=O) groups excluding carboxylic acids is 1. The van der Waals surface area contributed by atoms with Crippen molar-refractivity contribution in [2.45, 2.75) is 13.0 Å². The molecule has 0 amide bonds. The van der Waals surface area contributed by atoms with Gasteiger partial charge in [-0.15, -0.1) is 0 Å². The molecule has 0 radical (unpaired) electrons. The van der Waals surface area contributed by atoms with Gasteiger partial charge in [0.05, 0.1) is 0 Å². The third-order valence-corrected chi connectivity index (χ3v) is 2.17. The summed E-state index contributed by atoms with van der Waals surface area (Å²) in [6.45, 7) is 1.98. The Hall–Kier alpha value is -2.01. The maximum Gasteiger partial charge on any atom is 0.330 e. The van der Waals surface area contributed by atoms with E-state index in [1.807, 2.05) is 12.1 Å². The molecule has 18 heavy (non-hydrogen) atoms. The Morgan fingerprint density at radius 3 is 2.78 bits per heavy atom. The monoisotopic (exact) mass is 250 g/mol. The number of hydrogen-bond acceptors (Lipinski definition) is 5. The zero-order valence-corrected chi connectivity index (χ0v) is 10.3. The molecule has 1 rings (SSSR count). The third kappa shape index (κ3) is 5.36.